The Bertz CT molecular complexity index is 870. The third-order valence-electron chi connectivity index (χ3n) is 5.23. The second-order valence-electron chi connectivity index (χ2n) is 7.36. The monoisotopic (exact) mass is 444 g/mol. The highest BCUT2D eigenvalue weighted by Gasteiger charge is 2.22. The number of guanidine groups is 1. The summed E-state index contributed by atoms with van der Waals surface area (Å²) in [5.41, 5.74) is 1.88. The van der Waals surface area contributed by atoms with Crippen molar-refractivity contribution in [3.05, 3.63) is 53.8 Å². The van der Waals surface area contributed by atoms with Crippen LogP contribution in [-0.2, 0) is 4.74 Å². The van der Waals surface area contributed by atoms with Crippen LogP contribution in [0.3, 0.4) is 0 Å². The van der Waals surface area contributed by atoms with Crippen molar-refractivity contribution in [2.45, 2.75) is 19.9 Å². The first-order chi connectivity index (χ1) is 15.6. The molecule has 2 N–H and O–H groups in total. The number of rotatable bonds is 9. The molecule has 1 saturated heterocycles. The van der Waals surface area contributed by atoms with Crippen LogP contribution in [0.25, 0.3) is 0 Å². The Labute approximate surface area is 189 Å². The van der Waals surface area contributed by atoms with Gasteiger partial charge in [-0.05, 0) is 43.7 Å². The number of aliphatic imine (C=N–C) groups is 1. The summed E-state index contributed by atoms with van der Waals surface area (Å²) in [7, 11) is 1.62. The molecule has 0 aliphatic carbocycles. The first-order valence-corrected chi connectivity index (χ1v) is 11.1. The number of hydrogen-bond acceptors (Lipinski definition) is 5. The maximum Gasteiger partial charge on any atom is 0.195 e. The van der Waals surface area contributed by atoms with Crippen LogP contribution in [0.1, 0.15) is 25.5 Å². The Morgan fingerprint density at radius 2 is 1.88 bits per heavy atom. The van der Waals surface area contributed by atoms with Crippen molar-refractivity contribution in [3.8, 4) is 11.5 Å². The van der Waals surface area contributed by atoms with E-state index in [1.165, 1.54) is 12.1 Å². The average Bonchev–Trinajstić information content (AvgIpc) is 2.81. The van der Waals surface area contributed by atoms with Crippen molar-refractivity contribution in [2.24, 2.45) is 4.99 Å². The van der Waals surface area contributed by atoms with E-state index in [-0.39, 0.29) is 11.9 Å². The first-order valence-electron chi connectivity index (χ1n) is 11.1. The Balaban J connectivity index is 1.80. The van der Waals surface area contributed by atoms with E-state index in [4.69, 9.17) is 19.2 Å². The molecule has 0 amide bonds. The molecule has 1 atom stereocenters. The number of halogens is 1. The lowest BCUT2D eigenvalue weighted by Gasteiger charge is -2.34. The minimum Gasteiger partial charge on any atom is -0.493 e. The molecule has 0 radical (unpaired) electrons. The molecule has 32 heavy (non-hydrogen) atoms. The average molecular weight is 445 g/mol. The van der Waals surface area contributed by atoms with Gasteiger partial charge in [-0.25, -0.2) is 4.39 Å². The van der Waals surface area contributed by atoms with E-state index in [2.05, 4.69) is 15.5 Å². The minimum atomic E-state index is -0.238. The molecule has 2 aromatic rings. The van der Waals surface area contributed by atoms with Crippen molar-refractivity contribution in [1.82, 2.24) is 10.2 Å². The van der Waals surface area contributed by atoms with Gasteiger partial charge in [-0.3, -0.25) is 9.89 Å². The summed E-state index contributed by atoms with van der Waals surface area (Å²) in [6.45, 7) is 8.76. The van der Waals surface area contributed by atoms with Gasteiger partial charge < -0.3 is 24.8 Å². The van der Waals surface area contributed by atoms with Crippen LogP contribution in [0.2, 0.25) is 0 Å². The summed E-state index contributed by atoms with van der Waals surface area (Å²) >= 11 is 0. The van der Waals surface area contributed by atoms with E-state index in [9.17, 15) is 4.39 Å². The zero-order valence-electron chi connectivity index (χ0n) is 19.1. The largest absolute Gasteiger partial charge is 0.493 e. The summed E-state index contributed by atoms with van der Waals surface area (Å²) in [5.74, 6) is 1.79. The topological polar surface area (TPSA) is 67.4 Å². The van der Waals surface area contributed by atoms with Crippen LogP contribution in [0.5, 0.6) is 11.5 Å². The first kappa shape index (κ1) is 23.8. The van der Waals surface area contributed by atoms with Crippen LogP contribution in [0, 0.1) is 5.82 Å². The molecule has 1 aliphatic heterocycles. The van der Waals surface area contributed by atoms with Crippen molar-refractivity contribution in [3.63, 3.8) is 0 Å². The standard InChI is InChI=1S/C24H33FN4O3/c1-4-26-24(28-20-10-11-22(30-3)23(16-20)32-5-2)27-17-21(29-12-14-31-15-13-29)18-6-8-19(25)9-7-18/h6-11,16,21H,4-5,12-15,17H2,1-3H3,(H2,26,27,28). The van der Waals surface area contributed by atoms with E-state index in [0.29, 0.717) is 43.8 Å². The molecule has 174 valence electrons. The molecule has 0 aromatic heterocycles. The summed E-state index contributed by atoms with van der Waals surface area (Å²) < 4.78 is 30.1. The minimum absolute atomic E-state index is 0.0322. The number of ether oxygens (including phenoxy) is 3. The molecule has 1 unspecified atom stereocenters. The van der Waals surface area contributed by atoms with Gasteiger partial charge in [0, 0.05) is 31.4 Å². The lowest BCUT2D eigenvalue weighted by atomic mass is 10.0. The van der Waals surface area contributed by atoms with E-state index in [1.807, 2.05) is 44.2 Å². The van der Waals surface area contributed by atoms with E-state index in [0.717, 1.165) is 30.9 Å². The molecule has 7 nitrogen and oxygen atoms in total. The van der Waals surface area contributed by atoms with Gasteiger partial charge in [0.2, 0.25) is 0 Å². The van der Waals surface area contributed by atoms with Gasteiger partial charge in [-0.15, -0.1) is 0 Å². The van der Waals surface area contributed by atoms with Gasteiger partial charge in [-0.2, -0.15) is 0 Å². The van der Waals surface area contributed by atoms with E-state index < -0.39 is 0 Å². The van der Waals surface area contributed by atoms with E-state index in [1.54, 1.807) is 7.11 Å². The van der Waals surface area contributed by atoms with Gasteiger partial charge >= 0.3 is 0 Å². The van der Waals surface area contributed by atoms with Gasteiger partial charge in [-0.1, -0.05) is 12.1 Å². The summed E-state index contributed by atoms with van der Waals surface area (Å²) in [4.78, 5) is 7.19. The van der Waals surface area contributed by atoms with Gasteiger partial charge in [0.25, 0.3) is 0 Å². The molecule has 2 aromatic carbocycles. The van der Waals surface area contributed by atoms with Crippen molar-refractivity contribution >= 4 is 11.6 Å². The fourth-order valence-electron chi connectivity index (χ4n) is 3.65. The Morgan fingerprint density at radius 1 is 1.12 bits per heavy atom. The lowest BCUT2D eigenvalue weighted by Crippen LogP contribution is -2.41. The van der Waals surface area contributed by atoms with Gasteiger partial charge in [0.05, 0.1) is 39.5 Å². The van der Waals surface area contributed by atoms with Crippen molar-refractivity contribution < 1.29 is 18.6 Å². The number of hydrogen-bond donors (Lipinski definition) is 2. The highest BCUT2D eigenvalue weighted by atomic mass is 19.1. The zero-order chi connectivity index (χ0) is 22.8. The maximum atomic E-state index is 13.5. The van der Waals surface area contributed by atoms with Gasteiger partial charge in [0.15, 0.2) is 17.5 Å². The second-order valence-corrected chi connectivity index (χ2v) is 7.36. The Hall–Kier alpha value is -2.84. The number of morpholine rings is 1. The SMILES string of the molecule is CCNC(=NCC(c1ccc(F)cc1)N1CCOCC1)Nc1ccc(OC)c(OCC)c1. The number of methoxy groups -OCH3 is 1. The number of nitrogens with one attached hydrogen (secondary N) is 2. The van der Waals surface area contributed by atoms with E-state index >= 15 is 0 Å². The molecular weight excluding hydrogens is 411 g/mol. The van der Waals surface area contributed by atoms with Crippen LogP contribution >= 0.6 is 0 Å². The fourth-order valence-corrected chi connectivity index (χ4v) is 3.65. The lowest BCUT2D eigenvalue weighted by molar-refractivity contribution is 0.0180. The Kier molecular flexibility index (Phi) is 9.13. The molecule has 0 bridgehead atoms. The van der Waals surface area contributed by atoms with Crippen LogP contribution < -0.4 is 20.1 Å². The molecule has 1 heterocycles. The number of nitrogens with zero attached hydrogens (tertiary/aromatic N) is 2. The highest BCUT2D eigenvalue weighted by molar-refractivity contribution is 5.94. The third-order valence-corrected chi connectivity index (χ3v) is 5.23. The molecule has 0 saturated carbocycles. The summed E-state index contributed by atoms with van der Waals surface area (Å²) in [6, 6.07) is 12.4. The summed E-state index contributed by atoms with van der Waals surface area (Å²) in [6.07, 6.45) is 0. The zero-order valence-corrected chi connectivity index (χ0v) is 19.1. The smallest absolute Gasteiger partial charge is 0.195 e. The van der Waals surface area contributed by atoms with Crippen LogP contribution in [-0.4, -0.2) is 64.0 Å². The predicted molar refractivity (Wildman–Crippen MR) is 125 cm³/mol. The highest BCUT2D eigenvalue weighted by Crippen LogP contribution is 2.30. The normalized spacial score (nSPS) is 15.8. The molecule has 1 aliphatic rings. The predicted octanol–water partition coefficient (Wildman–Crippen LogP) is 3.68. The Morgan fingerprint density at radius 3 is 2.53 bits per heavy atom. The fraction of sp³-hybridized carbons (Fsp3) is 0.458. The number of anilines is 1. The molecule has 8 heteroatoms. The van der Waals surface area contributed by atoms with Crippen molar-refractivity contribution in [1.29, 1.82) is 0 Å². The van der Waals surface area contributed by atoms with Crippen molar-refractivity contribution in [2.75, 3.05) is 58.4 Å². The van der Waals surface area contributed by atoms with Crippen LogP contribution in [0.4, 0.5) is 10.1 Å². The third kappa shape index (κ3) is 6.58. The second kappa shape index (κ2) is 12.3. The number of benzene rings is 2. The maximum absolute atomic E-state index is 13.5. The van der Waals surface area contributed by atoms with Gasteiger partial charge in [0.1, 0.15) is 5.82 Å². The molecule has 3 rings (SSSR count). The molecular formula is C24H33FN4O3. The van der Waals surface area contributed by atoms with Crippen LogP contribution in [0.15, 0.2) is 47.5 Å². The quantitative estimate of drug-likeness (QED) is 0.454. The molecule has 1 fully saturated rings. The molecule has 0 spiro atoms. The summed E-state index contributed by atoms with van der Waals surface area (Å²) in [5, 5.41) is 6.64.